The van der Waals surface area contributed by atoms with Crippen molar-refractivity contribution < 1.29 is 9.90 Å². The maximum atomic E-state index is 11.0. The van der Waals surface area contributed by atoms with Crippen LogP contribution in [0.4, 0.5) is 0 Å². The highest BCUT2D eigenvalue weighted by Gasteiger charge is 2.21. The lowest BCUT2D eigenvalue weighted by Crippen LogP contribution is -2.13. The highest BCUT2D eigenvalue weighted by atomic mass is 16.4. The van der Waals surface area contributed by atoms with Crippen LogP contribution in [0.5, 0.6) is 0 Å². The van der Waals surface area contributed by atoms with Gasteiger partial charge in [0.25, 0.3) is 0 Å². The molecule has 1 fully saturated rings. The zero-order valence-corrected chi connectivity index (χ0v) is 9.88. The second kappa shape index (κ2) is 5.94. The molecule has 1 aliphatic carbocycles. The molecule has 0 aromatic carbocycles. The molecule has 86 valence electrons. The van der Waals surface area contributed by atoms with E-state index in [4.69, 9.17) is 5.11 Å². The molecule has 0 atom stereocenters. The minimum Gasteiger partial charge on any atom is -0.478 e. The van der Waals surface area contributed by atoms with Gasteiger partial charge in [-0.3, -0.25) is 0 Å². The minimum atomic E-state index is -0.732. The first kappa shape index (κ1) is 12.3. The average Bonchev–Trinajstić information content (AvgIpc) is 2.26. The Balaban J connectivity index is 2.80. The standard InChI is InChI=1S/C13H22O2/c1-3-7-12(10(2)13(14)15)11-8-5-4-6-9-11/h11H,3-9H2,1-2H3,(H,14,15). The molecule has 0 aromatic heterocycles. The fraction of sp³-hybridized carbons (Fsp3) is 0.769. The van der Waals surface area contributed by atoms with Gasteiger partial charge in [0.1, 0.15) is 0 Å². The molecule has 1 N–H and O–H groups in total. The molecular weight excluding hydrogens is 188 g/mol. The molecule has 1 rings (SSSR count). The molecule has 1 saturated carbocycles. The van der Waals surface area contributed by atoms with Crippen molar-refractivity contribution in [1.29, 1.82) is 0 Å². The summed E-state index contributed by atoms with van der Waals surface area (Å²) in [5.41, 5.74) is 1.81. The molecule has 0 bridgehead atoms. The van der Waals surface area contributed by atoms with Gasteiger partial charge in [0.05, 0.1) is 0 Å². The number of hydrogen-bond donors (Lipinski definition) is 1. The Morgan fingerprint density at radius 3 is 2.33 bits per heavy atom. The predicted molar refractivity (Wildman–Crippen MR) is 61.8 cm³/mol. The van der Waals surface area contributed by atoms with Gasteiger partial charge in [-0.15, -0.1) is 0 Å². The van der Waals surface area contributed by atoms with Gasteiger partial charge in [0.15, 0.2) is 0 Å². The van der Waals surface area contributed by atoms with E-state index >= 15 is 0 Å². The SMILES string of the molecule is CCCC(=C(C)C(=O)O)C1CCCCC1. The highest BCUT2D eigenvalue weighted by Crippen LogP contribution is 2.33. The third kappa shape index (κ3) is 3.37. The third-order valence-electron chi connectivity index (χ3n) is 3.42. The first-order valence-electron chi connectivity index (χ1n) is 6.09. The van der Waals surface area contributed by atoms with Gasteiger partial charge < -0.3 is 5.11 Å². The maximum absolute atomic E-state index is 11.0. The molecule has 0 aliphatic heterocycles. The van der Waals surface area contributed by atoms with Crippen LogP contribution in [-0.4, -0.2) is 11.1 Å². The van der Waals surface area contributed by atoms with Crippen molar-refractivity contribution in [2.45, 2.75) is 58.8 Å². The fourth-order valence-electron chi connectivity index (χ4n) is 2.56. The van der Waals surface area contributed by atoms with E-state index in [1.807, 2.05) is 0 Å². The van der Waals surface area contributed by atoms with Crippen molar-refractivity contribution in [2.75, 3.05) is 0 Å². The largest absolute Gasteiger partial charge is 0.478 e. The Labute approximate surface area is 92.4 Å². The van der Waals surface area contributed by atoms with E-state index in [0.29, 0.717) is 11.5 Å². The number of carboxylic acids is 1. The van der Waals surface area contributed by atoms with Crippen LogP contribution >= 0.6 is 0 Å². The van der Waals surface area contributed by atoms with E-state index < -0.39 is 5.97 Å². The van der Waals surface area contributed by atoms with E-state index in [-0.39, 0.29) is 0 Å². The Morgan fingerprint density at radius 2 is 1.87 bits per heavy atom. The smallest absolute Gasteiger partial charge is 0.331 e. The van der Waals surface area contributed by atoms with E-state index in [2.05, 4.69) is 6.92 Å². The number of allylic oxidation sites excluding steroid dienone is 1. The lowest BCUT2D eigenvalue weighted by Gasteiger charge is -2.25. The number of aliphatic carboxylic acids is 1. The molecular formula is C13H22O2. The van der Waals surface area contributed by atoms with E-state index in [1.165, 1.54) is 37.7 Å². The van der Waals surface area contributed by atoms with Crippen LogP contribution in [0.1, 0.15) is 58.8 Å². The van der Waals surface area contributed by atoms with E-state index in [1.54, 1.807) is 6.92 Å². The quantitative estimate of drug-likeness (QED) is 0.717. The van der Waals surface area contributed by atoms with Gasteiger partial charge in [0, 0.05) is 5.57 Å². The molecule has 0 radical (unpaired) electrons. The fourth-order valence-corrected chi connectivity index (χ4v) is 2.56. The van der Waals surface area contributed by atoms with Gasteiger partial charge >= 0.3 is 5.97 Å². The summed E-state index contributed by atoms with van der Waals surface area (Å²) >= 11 is 0. The summed E-state index contributed by atoms with van der Waals surface area (Å²) in [7, 11) is 0. The Kier molecular flexibility index (Phi) is 4.86. The summed E-state index contributed by atoms with van der Waals surface area (Å²) in [4.78, 5) is 11.0. The van der Waals surface area contributed by atoms with E-state index in [9.17, 15) is 4.79 Å². The molecule has 2 heteroatoms. The zero-order chi connectivity index (χ0) is 11.3. The minimum absolute atomic E-state index is 0.551. The van der Waals surface area contributed by atoms with Gasteiger partial charge in [0.2, 0.25) is 0 Å². The number of carbonyl (C=O) groups is 1. The number of carboxylic acid groups (broad SMARTS) is 1. The summed E-state index contributed by atoms with van der Waals surface area (Å²) in [5, 5.41) is 9.05. The van der Waals surface area contributed by atoms with Crippen LogP contribution in [0.15, 0.2) is 11.1 Å². The number of rotatable bonds is 4. The number of hydrogen-bond acceptors (Lipinski definition) is 1. The first-order valence-corrected chi connectivity index (χ1v) is 6.09. The van der Waals surface area contributed by atoms with Gasteiger partial charge in [-0.2, -0.15) is 0 Å². The van der Waals surface area contributed by atoms with Crippen molar-refractivity contribution in [2.24, 2.45) is 5.92 Å². The molecule has 0 heterocycles. The van der Waals surface area contributed by atoms with E-state index in [0.717, 1.165) is 12.8 Å². The molecule has 0 spiro atoms. The van der Waals surface area contributed by atoms with Gasteiger partial charge in [-0.25, -0.2) is 4.79 Å². The third-order valence-corrected chi connectivity index (χ3v) is 3.42. The van der Waals surface area contributed by atoms with Crippen LogP contribution in [-0.2, 0) is 4.79 Å². The lowest BCUT2D eigenvalue weighted by molar-refractivity contribution is -0.132. The predicted octanol–water partition coefficient (Wildman–Crippen LogP) is 3.77. The normalized spacial score (nSPS) is 19.9. The van der Waals surface area contributed by atoms with Crippen molar-refractivity contribution in [3.63, 3.8) is 0 Å². The molecule has 1 aliphatic rings. The summed E-state index contributed by atoms with van der Waals surface area (Å²) in [6.07, 6.45) is 8.26. The molecule has 0 aromatic rings. The molecule has 0 saturated heterocycles. The van der Waals surface area contributed by atoms with Crippen LogP contribution in [0, 0.1) is 5.92 Å². The second-order valence-electron chi connectivity index (χ2n) is 4.54. The molecule has 0 unspecified atom stereocenters. The monoisotopic (exact) mass is 210 g/mol. The van der Waals surface area contributed by atoms with Crippen LogP contribution in [0.25, 0.3) is 0 Å². The Morgan fingerprint density at radius 1 is 1.27 bits per heavy atom. The van der Waals surface area contributed by atoms with Crippen LogP contribution < -0.4 is 0 Å². The molecule has 0 amide bonds. The van der Waals surface area contributed by atoms with Crippen molar-refractivity contribution >= 4 is 5.97 Å². The topological polar surface area (TPSA) is 37.3 Å². The zero-order valence-electron chi connectivity index (χ0n) is 9.88. The van der Waals surface area contributed by atoms with Crippen molar-refractivity contribution in [1.82, 2.24) is 0 Å². The van der Waals surface area contributed by atoms with Gasteiger partial charge in [-0.05, 0) is 32.1 Å². The first-order chi connectivity index (χ1) is 7.16. The second-order valence-corrected chi connectivity index (χ2v) is 4.54. The van der Waals surface area contributed by atoms with Crippen molar-refractivity contribution in [3.8, 4) is 0 Å². The highest BCUT2D eigenvalue weighted by molar-refractivity contribution is 5.86. The molecule has 2 nitrogen and oxygen atoms in total. The summed E-state index contributed by atoms with van der Waals surface area (Å²) in [6, 6.07) is 0. The van der Waals surface area contributed by atoms with Crippen molar-refractivity contribution in [3.05, 3.63) is 11.1 Å². The Hall–Kier alpha value is -0.790. The lowest BCUT2D eigenvalue weighted by atomic mass is 9.80. The Bertz CT molecular complexity index is 247. The average molecular weight is 210 g/mol. The van der Waals surface area contributed by atoms with Crippen LogP contribution in [0.2, 0.25) is 0 Å². The summed E-state index contributed by atoms with van der Waals surface area (Å²) in [6.45, 7) is 3.89. The summed E-state index contributed by atoms with van der Waals surface area (Å²) < 4.78 is 0. The maximum Gasteiger partial charge on any atom is 0.331 e. The van der Waals surface area contributed by atoms with Gasteiger partial charge in [-0.1, -0.05) is 38.2 Å². The molecule has 15 heavy (non-hydrogen) atoms. The van der Waals surface area contributed by atoms with Crippen LogP contribution in [0.3, 0.4) is 0 Å². The summed E-state index contributed by atoms with van der Waals surface area (Å²) in [5.74, 6) is -0.182.